The Bertz CT molecular complexity index is 543. The third-order valence-electron chi connectivity index (χ3n) is 3.20. The number of carbonyl (C=O) groups is 1. The van der Waals surface area contributed by atoms with Crippen LogP contribution in [0.5, 0.6) is 5.75 Å². The van der Waals surface area contributed by atoms with Crippen LogP contribution in [0, 0.1) is 0 Å². The molecule has 5 nitrogen and oxygen atoms in total. The molecule has 1 saturated heterocycles. The highest BCUT2D eigenvalue weighted by atomic mass is 79.9. The first-order valence-electron chi connectivity index (χ1n) is 6.67. The van der Waals surface area contributed by atoms with Gasteiger partial charge in [-0.1, -0.05) is 15.9 Å². The molecule has 1 N–H and O–H groups in total. The van der Waals surface area contributed by atoms with Crippen LogP contribution in [0.3, 0.4) is 0 Å². The van der Waals surface area contributed by atoms with Gasteiger partial charge in [-0.25, -0.2) is 5.43 Å². The van der Waals surface area contributed by atoms with Crippen molar-refractivity contribution in [2.45, 2.75) is 12.8 Å². The Kier molecular flexibility index (Phi) is 6.20. The number of hydrogen-bond donors (Lipinski definition) is 1. The molecule has 1 amide bonds. The van der Waals surface area contributed by atoms with Gasteiger partial charge in [-0.05, 0) is 54.0 Å². The number of methoxy groups -OCH3 is 1. The SMILES string of the molecule is COc1c(Br)cc(Br)cc1/C=N\NC(=O)CN1CCCC1. The number of nitrogens with zero attached hydrogens (tertiary/aromatic N) is 2. The van der Waals surface area contributed by atoms with E-state index in [1.165, 1.54) is 12.8 Å². The zero-order chi connectivity index (χ0) is 15.2. The molecule has 0 radical (unpaired) electrons. The molecule has 1 fully saturated rings. The zero-order valence-electron chi connectivity index (χ0n) is 11.7. The van der Waals surface area contributed by atoms with Crippen molar-refractivity contribution in [2.75, 3.05) is 26.7 Å². The number of ether oxygens (including phenoxy) is 1. The number of benzene rings is 1. The van der Waals surface area contributed by atoms with Gasteiger partial charge in [0.1, 0.15) is 5.75 Å². The molecule has 0 unspecified atom stereocenters. The second kappa shape index (κ2) is 7.91. The topological polar surface area (TPSA) is 53.9 Å². The second-order valence-corrected chi connectivity index (χ2v) is 6.56. The smallest absolute Gasteiger partial charge is 0.254 e. The lowest BCUT2D eigenvalue weighted by Crippen LogP contribution is -2.33. The first kappa shape index (κ1) is 16.5. The van der Waals surface area contributed by atoms with Crippen molar-refractivity contribution in [1.82, 2.24) is 10.3 Å². The average molecular weight is 419 g/mol. The minimum absolute atomic E-state index is 0.0961. The quantitative estimate of drug-likeness (QED) is 0.590. The Morgan fingerprint density at radius 3 is 2.81 bits per heavy atom. The first-order chi connectivity index (χ1) is 10.1. The molecule has 0 atom stereocenters. The average Bonchev–Trinajstić information content (AvgIpc) is 2.91. The van der Waals surface area contributed by atoms with Gasteiger partial charge < -0.3 is 4.74 Å². The van der Waals surface area contributed by atoms with Crippen molar-refractivity contribution in [2.24, 2.45) is 5.10 Å². The summed E-state index contributed by atoms with van der Waals surface area (Å²) in [4.78, 5) is 13.9. The second-order valence-electron chi connectivity index (χ2n) is 4.79. The summed E-state index contributed by atoms with van der Waals surface area (Å²) in [6.45, 7) is 2.38. The van der Waals surface area contributed by atoms with Crippen molar-refractivity contribution in [3.8, 4) is 5.75 Å². The zero-order valence-corrected chi connectivity index (χ0v) is 14.9. The summed E-state index contributed by atoms with van der Waals surface area (Å²) in [6, 6.07) is 3.77. The van der Waals surface area contributed by atoms with Crippen LogP contribution < -0.4 is 10.2 Å². The molecule has 21 heavy (non-hydrogen) atoms. The number of halogens is 2. The molecule has 1 aromatic rings. The Labute approximate surface area is 141 Å². The lowest BCUT2D eigenvalue weighted by atomic mass is 10.2. The minimum atomic E-state index is -0.0961. The molecule has 0 spiro atoms. The minimum Gasteiger partial charge on any atom is -0.495 e. The van der Waals surface area contributed by atoms with Gasteiger partial charge in [-0.15, -0.1) is 0 Å². The van der Waals surface area contributed by atoms with Gasteiger partial charge in [0.15, 0.2) is 0 Å². The number of hydrogen-bond acceptors (Lipinski definition) is 4. The molecular weight excluding hydrogens is 402 g/mol. The summed E-state index contributed by atoms with van der Waals surface area (Å²) in [6.07, 6.45) is 3.91. The predicted molar refractivity (Wildman–Crippen MR) is 89.8 cm³/mol. The standard InChI is InChI=1S/C14H17Br2N3O2/c1-21-14-10(6-11(15)7-12(14)16)8-17-18-13(20)9-19-4-2-3-5-19/h6-8H,2-5,9H2,1H3,(H,18,20)/b17-8-. The number of nitrogens with one attached hydrogen (secondary N) is 1. The van der Waals surface area contributed by atoms with E-state index in [2.05, 4.69) is 47.3 Å². The fourth-order valence-electron chi connectivity index (χ4n) is 2.24. The molecule has 7 heteroatoms. The number of hydrazone groups is 1. The maximum absolute atomic E-state index is 11.8. The Morgan fingerprint density at radius 2 is 2.14 bits per heavy atom. The Hall–Kier alpha value is -0.920. The van der Waals surface area contributed by atoms with Crippen molar-refractivity contribution < 1.29 is 9.53 Å². The Morgan fingerprint density at radius 1 is 1.43 bits per heavy atom. The maximum atomic E-state index is 11.8. The van der Waals surface area contributed by atoms with Crippen molar-refractivity contribution in [1.29, 1.82) is 0 Å². The van der Waals surface area contributed by atoms with Crippen LogP contribution in [0.1, 0.15) is 18.4 Å². The van der Waals surface area contributed by atoms with E-state index in [0.29, 0.717) is 12.3 Å². The summed E-state index contributed by atoms with van der Waals surface area (Å²) in [5, 5.41) is 4.00. The van der Waals surface area contributed by atoms with Crippen LogP contribution in [-0.4, -0.2) is 43.8 Å². The molecule has 0 aromatic heterocycles. The van der Waals surface area contributed by atoms with Gasteiger partial charge in [0, 0.05) is 10.0 Å². The fourth-order valence-corrected chi connectivity index (χ4v) is 3.66. The van der Waals surface area contributed by atoms with Crippen molar-refractivity contribution >= 4 is 44.0 Å². The molecule has 0 aliphatic carbocycles. The number of carbonyl (C=O) groups excluding carboxylic acids is 1. The molecule has 0 saturated carbocycles. The lowest BCUT2D eigenvalue weighted by molar-refractivity contribution is -0.121. The van der Waals surface area contributed by atoms with Crippen LogP contribution >= 0.6 is 31.9 Å². The van der Waals surface area contributed by atoms with Crippen LogP contribution in [0.15, 0.2) is 26.2 Å². The number of rotatable bonds is 5. The van der Waals surface area contributed by atoms with Gasteiger partial charge in [-0.2, -0.15) is 5.10 Å². The normalized spacial score (nSPS) is 15.6. The largest absolute Gasteiger partial charge is 0.495 e. The maximum Gasteiger partial charge on any atom is 0.254 e. The van der Waals surface area contributed by atoms with E-state index in [-0.39, 0.29) is 5.91 Å². The third-order valence-corrected chi connectivity index (χ3v) is 4.25. The molecule has 1 heterocycles. The van der Waals surface area contributed by atoms with Crippen molar-refractivity contribution in [3.05, 3.63) is 26.6 Å². The predicted octanol–water partition coefficient (Wildman–Crippen LogP) is 2.77. The molecule has 114 valence electrons. The van der Waals surface area contributed by atoms with E-state index in [4.69, 9.17) is 4.74 Å². The van der Waals surface area contributed by atoms with Crippen LogP contribution in [0.25, 0.3) is 0 Å². The highest BCUT2D eigenvalue weighted by molar-refractivity contribution is 9.11. The number of amides is 1. The van der Waals surface area contributed by atoms with Gasteiger partial charge in [0.2, 0.25) is 0 Å². The summed E-state index contributed by atoms with van der Waals surface area (Å²) >= 11 is 6.84. The molecule has 0 bridgehead atoms. The molecule has 1 aliphatic heterocycles. The van der Waals surface area contributed by atoms with E-state index < -0.39 is 0 Å². The van der Waals surface area contributed by atoms with Crippen LogP contribution in [-0.2, 0) is 4.79 Å². The lowest BCUT2D eigenvalue weighted by Gasteiger charge is -2.12. The van der Waals surface area contributed by atoms with Gasteiger partial charge in [0.05, 0.1) is 24.3 Å². The van der Waals surface area contributed by atoms with E-state index in [1.54, 1.807) is 13.3 Å². The highest BCUT2D eigenvalue weighted by Gasteiger charge is 2.14. The Balaban J connectivity index is 1.96. The van der Waals surface area contributed by atoms with Gasteiger partial charge in [0.25, 0.3) is 5.91 Å². The number of likely N-dealkylation sites (tertiary alicyclic amines) is 1. The fraction of sp³-hybridized carbons (Fsp3) is 0.429. The van der Waals surface area contributed by atoms with E-state index >= 15 is 0 Å². The summed E-state index contributed by atoms with van der Waals surface area (Å²) in [7, 11) is 1.59. The molecule has 2 rings (SSSR count). The highest BCUT2D eigenvalue weighted by Crippen LogP contribution is 2.31. The van der Waals surface area contributed by atoms with Gasteiger partial charge >= 0.3 is 0 Å². The van der Waals surface area contributed by atoms with Crippen molar-refractivity contribution in [3.63, 3.8) is 0 Å². The van der Waals surface area contributed by atoms with Crippen LogP contribution in [0.2, 0.25) is 0 Å². The first-order valence-corrected chi connectivity index (χ1v) is 8.26. The van der Waals surface area contributed by atoms with Crippen LogP contribution in [0.4, 0.5) is 0 Å². The van der Waals surface area contributed by atoms with E-state index in [0.717, 1.165) is 27.6 Å². The summed E-state index contributed by atoms with van der Waals surface area (Å²) in [5.74, 6) is 0.580. The molecule has 1 aromatic carbocycles. The third kappa shape index (κ3) is 4.79. The van der Waals surface area contributed by atoms with Gasteiger partial charge in [-0.3, -0.25) is 9.69 Å². The van der Waals surface area contributed by atoms with E-state index in [9.17, 15) is 4.79 Å². The summed E-state index contributed by atoms with van der Waals surface area (Å²) in [5.41, 5.74) is 3.33. The summed E-state index contributed by atoms with van der Waals surface area (Å²) < 4.78 is 7.04. The monoisotopic (exact) mass is 417 g/mol. The molecule has 1 aliphatic rings. The molecular formula is C14H17Br2N3O2. The van der Waals surface area contributed by atoms with E-state index in [1.807, 2.05) is 12.1 Å².